The molecule has 0 radical (unpaired) electrons. The summed E-state index contributed by atoms with van der Waals surface area (Å²) in [5.74, 6) is 0. The summed E-state index contributed by atoms with van der Waals surface area (Å²) in [7, 11) is 0. The van der Waals surface area contributed by atoms with Crippen LogP contribution in [0.15, 0.2) is 35.4 Å². The van der Waals surface area contributed by atoms with Crippen molar-refractivity contribution >= 4 is 24.1 Å². The van der Waals surface area contributed by atoms with Gasteiger partial charge in [-0.25, -0.2) is 10.2 Å². The fourth-order valence-electron chi connectivity index (χ4n) is 1.30. The van der Waals surface area contributed by atoms with Crippen molar-refractivity contribution in [2.45, 2.75) is 26.4 Å². The molecule has 1 aromatic carbocycles. The van der Waals surface area contributed by atoms with Crippen molar-refractivity contribution in [3.05, 3.63) is 46.0 Å². The van der Waals surface area contributed by atoms with Crippen molar-refractivity contribution in [1.29, 1.82) is 0 Å². The third-order valence-electron chi connectivity index (χ3n) is 2.11. The van der Waals surface area contributed by atoms with E-state index in [9.17, 15) is 14.9 Å². The number of hydrogen-bond acceptors (Lipinski definition) is 5. The van der Waals surface area contributed by atoms with E-state index >= 15 is 0 Å². The van der Waals surface area contributed by atoms with Crippen molar-refractivity contribution < 1.29 is 14.5 Å². The van der Waals surface area contributed by atoms with E-state index in [0.717, 1.165) is 5.56 Å². The van der Waals surface area contributed by atoms with Crippen molar-refractivity contribution in [1.82, 2.24) is 5.43 Å². The molecule has 7 nitrogen and oxygen atoms in total. The average Bonchev–Trinajstić information content (AvgIpc) is 2.36. The molecule has 1 N–H and O–H groups in total. The molecule has 1 rings (SSSR count). The summed E-state index contributed by atoms with van der Waals surface area (Å²) in [6.07, 6.45) is 4.04. The predicted molar refractivity (Wildman–Crippen MR) is 80.0 cm³/mol. The number of ether oxygens (including phenoxy) is 1. The van der Waals surface area contributed by atoms with E-state index < -0.39 is 16.6 Å². The van der Waals surface area contributed by atoms with Gasteiger partial charge >= 0.3 is 6.09 Å². The van der Waals surface area contributed by atoms with Crippen LogP contribution >= 0.6 is 0 Å². The van der Waals surface area contributed by atoms with Gasteiger partial charge in [-0.05, 0) is 44.5 Å². The number of nitro groups is 1. The molecular formula is C14H17N3O4. The molecule has 0 aromatic heterocycles. The number of nitro benzene ring substituents is 1. The Kier molecular flexibility index (Phi) is 5.59. The first-order valence-electron chi connectivity index (χ1n) is 6.21. The Balaban J connectivity index is 2.45. The van der Waals surface area contributed by atoms with Gasteiger partial charge in [0.2, 0.25) is 0 Å². The van der Waals surface area contributed by atoms with E-state index in [0.29, 0.717) is 0 Å². The number of carbonyl (C=O) groups excluding carboxylic acids is 1. The van der Waals surface area contributed by atoms with E-state index in [1.165, 1.54) is 18.3 Å². The first-order chi connectivity index (χ1) is 9.78. The summed E-state index contributed by atoms with van der Waals surface area (Å²) in [6.45, 7) is 5.26. The van der Waals surface area contributed by atoms with Crippen LogP contribution in [0.5, 0.6) is 0 Å². The molecule has 21 heavy (non-hydrogen) atoms. The Morgan fingerprint density at radius 2 is 1.95 bits per heavy atom. The van der Waals surface area contributed by atoms with Crippen LogP contribution in [-0.2, 0) is 4.74 Å². The van der Waals surface area contributed by atoms with Gasteiger partial charge in [-0.15, -0.1) is 0 Å². The summed E-state index contributed by atoms with van der Waals surface area (Å²) >= 11 is 0. The zero-order chi connectivity index (χ0) is 15.9. The van der Waals surface area contributed by atoms with E-state index in [2.05, 4.69) is 10.5 Å². The highest BCUT2D eigenvalue weighted by atomic mass is 16.6. The van der Waals surface area contributed by atoms with E-state index in [-0.39, 0.29) is 5.69 Å². The number of nitrogens with zero attached hydrogens (tertiary/aromatic N) is 2. The van der Waals surface area contributed by atoms with Gasteiger partial charge in [0, 0.05) is 18.3 Å². The van der Waals surface area contributed by atoms with Gasteiger partial charge in [0.15, 0.2) is 0 Å². The van der Waals surface area contributed by atoms with Crippen LogP contribution < -0.4 is 5.43 Å². The van der Waals surface area contributed by atoms with Crippen LogP contribution in [0.4, 0.5) is 10.5 Å². The maximum atomic E-state index is 11.3. The summed E-state index contributed by atoms with van der Waals surface area (Å²) in [4.78, 5) is 21.3. The highest BCUT2D eigenvalue weighted by molar-refractivity contribution is 5.79. The first kappa shape index (κ1) is 16.4. The lowest BCUT2D eigenvalue weighted by Gasteiger charge is -2.18. The smallest absolute Gasteiger partial charge is 0.428 e. The van der Waals surface area contributed by atoms with Crippen LogP contribution in [0, 0.1) is 10.1 Å². The molecule has 1 aromatic rings. The second-order valence-corrected chi connectivity index (χ2v) is 5.10. The van der Waals surface area contributed by atoms with Crippen LogP contribution in [-0.4, -0.2) is 22.8 Å². The molecule has 112 valence electrons. The Bertz CT molecular complexity index is 557. The molecule has 0 bridgehead atoms. The molecular weight excluding hydrogens is 274 g/mol. The molecule has 0 aliphatic carbocycles. The van der Waals surface area contributed by atoms with Crippen molar-refractivity contribution in [3.63, 3.8) is 0 Å². The number of nitrogens with one attached hydrogen (secondary N) is 1. The quantitative estimate of drug-likeness (QED) is 0.524. The molecule has 0 saturated carbocycles. The van der Waals surface area contributed by atoms with E-state index in [4.69, 9.17) is 4.74 Å². The molecule has 0 aliphatic heterocycles. The zero-order valence-electron chi connectivity index (χ0n) is 12.1. The van der Waals surface area contributed by atoms with Crippen molar-refractivity contribution in [2.24, 2.45) is 5.10 Å². The van der Waals surface area contributed by atoms with Crippen molar-refractivity contribution in [2.75, 3.05) is 0 Å². The molecule has 0 spiro atoms. The van der Waals surface area contributed by atoms with Crippen LogP contribution in [0.25, 0.3) is 6.08 Å². The number of allylic oxidation sites excluding steroid dienone is 1. The predicted octanol–water partition coefficient (Wildman–Crippen LogP) is 3.12. The van der Waals surface area contributed by atoms with Crippen LogP contribution in [0.1, 0.15) is 26.3 Å². The van der Waals surface area contributed by atoms with Gasteiger partial charge < -0.3 is 4.74 Å². The second-order valence-electron chi connectivity index (χ2n) is 5.10. The molecule has 0 saturated heterocycles. The lowest BCUT2D eigenvalue weighted by Crippen LogP contribution is -2.29. The first-order valence-corrected chi connectivity index (χ1v) is 6.21. The monoisotopic (exact) mass is 291 g/mol. The van der Waals surface area contributed by atoms with Crippen LogP contribution in [0.3, 0.4) is 0 Å². The third kappa shape index (κ3) is 6.86. The van der Waals surface area contributed by atoms with Gasteiger partial charge in [-0.1, -0.05) is 6.08 Å². The Morgan fingerprint density at radius 3 is 2.48 bits per heavy atom. The Hall–Kier alpha value is -2.70. The van der Waals surface area contributed by atoms with E-state index in [1.54, 1.807) is 45.1 Å². The summed E-state index contributed by atoms with van der Waals surface area (Å²) in [5.41, 5.74) is 2.46. The molecule has 0 unspecified atom stereocenters. The maximum absolute atomic E-state index is 11.3. The zero-order valence-corrected chi connectivity index (χ0v) is 12.1. The minimum Gasteiger partial charge on any atom is -0.443 e. The topological polar surface area (TPSA) is 93.8 Å². The number of hydrazone groups is 1. The number of benzene rings is 1. The molecule has 0 fully saturated rings. The van der Waals surface area contributed by atoms with Crippen molar-refractivity contribution in [3.8, 4) is 0 Å². The average molecular weight is 291 g/mol. The Morgan fingerprint density at radius 1 is 1.33 bits per heavy atom. The largest absolute Gasteiger partial charge is 0.443 e. The Labute approximate surface area is 122 Å². The standard InChI is InChI=1S/C14H17N3O4/c1-14(2,3)21-13(18)16-15-10-4-5-11-6-8-12(9-7-11)17(19)20/h4-10H,1-3H3,(H,16,18). The highest BCUT2D eigenvalue weighted by Gasteiger charge is 2.15. The fourth-order valence-corrected chi connectivity index (χ4v) is 1.30. The number of hydrogen-bond donors (Lipinski definition) is 1. The van der Waals surface area contributed by atoms with Gasteiger partial charge in [0.05, 0.1) is 4.92 Å². The number of rotatable bonds is 4. The minimum absolute atomic E-state index is 0.0346. The second kappa shape index (κ2) is 7.18. The van der Waals surface area contributed by atoms with Gasteiger partial charge in [-0.3, -0.25) is 10.1 Å². The lowest BCUT2D eigenvalue weighted by atomic mass is 10.2. The summed E-state index contributed by atoms with van der Waals surface area (Å²) in [6, 6.07) is 6.05. The normalized spacial score (nSPS) is 11.8. The van der Waals surface area contributed by atoms with Gasteiger partial charge in [0.25, 0.3) is 5.69 Å². The maximum Gasteiger partial charge on any atom is 0.428 e. The number of carbonyl (C=O) groups is 1. The molecule has 1 amide bonds. The molecule has 0 heterocycles. The van der Waals surface area contributed by atoms with Gasteiger partial charge in [-0.2, -0.15) is 5.10 Å². The van der Waals surface area contributed by atoms with Crippen LogP contribution in [0.2, 0.25) is 0 Å². The minimum atomic E-state index is -0.637. The number of non-ortho nitro benzene ring substituents is 1. The van der Waals surface area contributed by atoms with Gasteiger partial charge in [0.1, 0.15) is 5.60 Å². The van der Waals surface area contributed by atoms with E-state index in [1.807, 2.05) is 0 Å². The SMILES string of the molecule is CC(C)(C)OC(=O)NN=CC=Cc1ccc([N+](=O)[O-])cc1. The lowest BCUT2D eigenvalue weighted by molar-refractivity contribution is -0.384. The number of amides is 1. The molecule has 0 aliphatic rings. The third-order valence-corrected chi connectivity index (χ3v) is 2.11. The summed E-state index contributed by atoms with van der Waals surface area (Å²) in [5, 5.41) is 14.2. The summed E-state index contributed by atoms with van der Waals surface area (Å²) < 4.78 is 4.99. The highest BCUT2D eigenvalue weighted by Crippen LogP contribution is 2.12. The molecule has 0 atom stereocenters. The molecule has 7 heteroatoms. The fraction of sp³-hybridized carbons (Fsp3) is 0.286.